The van der Waals surface area contributed by atoms with E-state index in [2.05, 4.69) is 4.52 Å². The zero-order chi connectivity index (χ0) is 14.9. The van der Waals surface area contributed by atoms with Crippen LogP contribution < -0.4 is 0 Å². The number of nitro groups is 1. The Labute approximate surface area is 112 Å². The molecule has 1 fully saturated rings. The third-order valence-electron chi connectivity index (χ3n) is 2.85. The Morgan fingerprint density at radius 2 is 2.30 bits per heavy atom. The van der Waals surface area contributed by atoms with Crippen molar-refractivity contribution >= 4 is 13.5 Å². The molecule has 2 heterocycles. The first kappa shape index (κ1) is 15.1. The summed E-state index contributed by atoms with van der Waals surface area (Å²) >= 11 is 0. The van der Waals surface area contributed by atoms with Gasteiger partial charge in [-0.1, -0.05) is 0 Å². The Morgan fingerprint density at radius 3 is 2.85 bits per heavy atom. The van der Waals surface area contributed by atoms with E-state index in [0.29, 0.717) is 0 Å². The summed E-state index contributed by atoms with van der Waals surface area (Å²) in [6, 6.07) is 1.29. The van der Waals surface area contributed by atoms with Crippen molar-refractivity contribution in [2.24, 2.45) is 0 Å². The number of rotatable bonds is 5. The Balaban J connectivity index is 1.98. The molecule has 0 radical (unpaired) electrons. The summed E-state index contributed by atoms with van der Waals surface area (Å²) in [6.45, 7) is -0.467. The lowest BCUT2D eigenvalue weighted by Crippen LogP contribution is -2.25. The van der Waals surface area contributed by atoms with E-state index in [1.54, 1.807) is 0 Å². The number of nitrogens with zero attached hydrogens (tertiary/aromatic N) is 2. The highest BCUT2D eigenvalue weighted by atomic mass is 31.2. The van der Waals surface area contributed by atoms with E-state index >= 15 is 0 Å². The van der Waals surface area contributed by atoms with Gasteiger partial charge in [-0.15, -0.1) is 0 Å². The van der Waals surface area contributed by atoms with Crippen molar-refractivity contribution in [2.45, 2.75) is 24.9 Å². The number of phosphoric acid groups is 1. The van der Waals surface area contributed by atoms with E-state index in [-0.39, 0.29) is 12.1 Å². The molecule has 1 saturated heterocycles. The van der Waals surface area contributed by atoms with E-state index in [1.165, 1.54) is 23.0 Å². The van der Waals surface area contributed by atoms with Gasteiger partial charge in [-0.2, -0.15) is 0 Å². The third kappa shape index (κ3) is 3.63. The first-order chi connectivity index (χ1) is 9.26. The number of aliphatic hydroxyl groups excluding tert-OH is 1. The summed E-state index contributed by atoms with van der Waals surface area (Å²) in [7, 11) is -4.63. The van der Waals surface area contributed by atoms with Gasteiger partial charge in [-0.05, 0) is 0 Å². The monoisotopic (exact) mass is 308 g/mol. The van der Waals surface area contributed by atoms with Crippen molar-refractivity contribution in [3.8, 4) is 0 Å². The first-order valence-corrected chi connectivity index (χ1v) is 7.15. The number of aromatic nitrogens is 1. The van der Waals surface area contributed by atoms with Crippen LogP contribution in [0, 0.1) is 10.1 Å². The van der Waals surface area contributed by atoms with E-state index in [4.69, 9.17) is 14.5 Å². The van der Waals surface area contributed by atoms with Crippen LogP contribution in [0.2, 0.25) is 0 Å². The maximum atomic E-state index is 10.6. The van der Waals surface area contributed by atoms with Crippen LogP contribution in [0.25, 0.3) is 0 Å². The second kappa shape index (κ2) is 5.60. The highest BCUT2D eigenvalue weighted by Gasteiger charge is 2.36. The molecule has 2 rings (SSSR count). The van der Waals surface area contributed by atoms with Gasteiger partial charge >= 0.3 is 7.82 Å². The van der Waals surface area contributed by atoms with E-state index in [9.17, 15) is 19.8 Å². The molecule has 11 heteroatoms. The van der Waals surface area contributed by atoms with Crippen LogP contribution in [0.3, 0.4) is 0 Å². The number of aliphatic hydroxyl groups is 1. The van der Waals surface area contributed by atoms with Gasteiger partial charge in [0.25, 0.3) is 5.69 Å². The average molecular weight is 308 g/mol. The van der Waals surface area contributed by atoms with Gasteiger partial charge < -0.3 is 24.2 Å². The molecule has 3 N–H and O–H groups in total. The first-order valence-electron chi connectivity index (χ1n) is 5.62. The Bertz CT molecular complexity index is 540. The summed E-state index contributed by atoms with van der Waals surface area (Å²) in [5.41, 5.74) is -0.113. The normalized spacial score (nSPS) is 26.9. The van der Waals surface area contributed by atoms with Gasteiger partial charge in [0.15, 0.2) is 0 Å². The molecule has 112 valence electrons. The van der Waals surface area contributed by atoms with Crippen molar-refractivity contribution in [3.05, 3.63) is 28.6 Å². The van der Waals surface area contributed by atoms with E-state index < -0.39 is 37.8 Å². The minimum absolute atomic E-state index is 0.113. The smallest absolute Gasteiger partial charge is 0.390 e. The second-order valence-electron chi connectivity index (χ2n) is 4.29. The van der Waals surface area contributed by atoms with Crippen molar-refractivity contribution in [2.75, 3.05) is 6.61 Å². The molecule has 0 bridgehead atoms. The number of hydrogen-bond donors (Lipinski definition) is 3. The maximum absolute atomic E-state index is 10.6. The molecule has 0 aliphatic carbocycles. The molecule has 0 saturated carbocycles. The largest absolute Gasteiger partial charge is 0.469 e. The minimum atomic E-state index is -4.63. The molecule has 3 atom stereocenters. The molecule has 10 nitrogen and oxygen atoms in total. The highest BCUT2D eigenvalue weighted by Crippen LogP contribution is 2.38. The summed E-state index contributed by atoms with van der Waals surface area (Å²) in [6.07, 6.45) is 0.290. The molecule has 0 amide bonds. The Kier molecular flexibility index (Phi) is 4.23. The van der Waals surface area contributed by atoms with Gasteiger partial charge in [0.2, 0.25) is 0 Å². The molecule has 1 aromatic heterocycles. The van der Waals surface area contributed by atoms with Crippen LogP contribution >= 0.6 is 7.82 Å². The van der Waals surface area contributed by atoms with E-state index in [1.807, 2.05) is 0 Å². The van der Waals surface area contributed by atoms with Crippen LogP contribution in [0.15, 0.2) is 18.5 Å². The van der Waals surface area contributed by atoms with Crippen molar-refractivity contribution in [3.63, 3.8) is 0 Å². The molecule has 0 aromatic carbocycles. The topological polar surface area (TPSA) is 144 Å². The van der Waals surface area contributed by atoms with Gasteiger partial charge in [0.05, 0.1) is 23.8 Å². The number of ether oxygens (including phenoxy) is 1. The van der Waals surface area contributed by atoms with Crippen molar-refractivity contribution in [1.29, 1.82) is 0 Å². The average Bonchev–Trinajstić information content (AvgIpc) is 2.91. The van der Waals surface area contributed by atoms with Crippen LogP contribution in [0.5, 0.6) is 0 Å². The van der Waals surface area contributed by atoms with Gasteiger partial charge in [-0.25, -0.2) is 4.57 Å². The van der Waals surface area contributed by atoms with Crippen LogP contribution in [0.4, 0.5) is 5.69 Å². The lowest BCUT2D eigenvalue weighted by Gasteiger charge is -2.15. The summed E-state index contributed by atoms with van der Waals surface area (Å²) < 4.78 is 21.6. The summed E-state index contributed by atoms with van der Waals surface area (Å²) in [5, 5.41) is 20.3. The van der Waals surface area contributed by atoms with Gasteiger partial charge in [-0.3, -0.25) is 14.6 Å². The molecule has 0 spiro atoms. The fraction of sp³-hybridized carbons (Fsp3) is 0.556. The zero-order valence-corrected chi connectivity index (χ0v) is 11.0. The van der Waals surface area contributed by atoms with Crippen LogP contribution in [-0.4, -0.2) is 43.2 Å². The number of phosphoric ester groups is 1. The van der Waals surface area contributed by atoms with Crippen molar-refractivity contribution < 1.29 is 33.6 Å². The molecular formula is C9H13N2O8P. The fourth-order valence-corrected chi connectivity index (χ4v) is 2.25. The fourth-order valence-electron chi connectivity index (χ4n) is 1.91. The summed E-state index contributed by atoms with van der Waals surface area (Å²) in [5.74, 6) is 0. The van der Waals surface area contributed by atoms with Crippen LogP contribution in [0.1, 0.15) is 12.6 Å². The number of hydrogen-bond acceptors (Lipinski definition) is 6. The van der Waals surface area contributed by atoms with Crippen molar-refractivity contribution in [1.82, 2.24) is 4.57 Å². The zero-order valence-electron chi connectivity index (χ0n) is 10.1. The molecule has 1 aliphatic rings. The standard InChI is InChI=1S/C9H13N2O8P/c12-7-3-9(10-2-1-6(4-10)11(13)14)19-8(7)5-18-20(15,16)17/h1-2,4,7-9,12H,3,5H2,(H2,15,16,17). The Hall–Kier alpha value is -1.29. The van der Waals surface area contributed by atoms with Crippen LogP contribution in [-0.2, 0) is 13.8 Å². The Morgan fingerprint density at radius 1 is 1.60 bits per heavy atom. The van der Waals surface area contributed by atoms with Gasteiger partial charge in [0, 0.05) is 18.7 Å². The van der Waals surface area contributed by atoms with Gasteiger partial charge in [0.1, 0.15) is 12.3 Å². The predicted molar refractivity (Wildman–Crippen MR) is 63.6 cm³/mol. The lowest BCUT2D eigenvalue weighted by atomic mass is 10.2. The molecule has 1 aliphatic heterocycles. The highest BCUT2D eigenvalue weighted by molar-refractivity contribution is 7.46. The quantitative estimate of drug-likeness (QED) is 0.396. The minimum Gasteiger partial charge on any atom is -0.390 e. The van der Waals surface area contributed by atoms with E-state index in [0.717, 1.165) is 0 Å². The second-order valence-corrected chi connectivity index (χ2v) is 5.53. The third-order valence-corrected chi connectivity index (χ3v) is 3.34. The maximum Gasteiger partial charge on any atom is 0.469 e. The molecule has 3 unspecified atom stereocenters. The summed E-state index contributed by atoms with van der Waals surface area (Å²) in [4.78, 5) is 27.2. The predicted octanol–water partition coefficient (Wildman–Crippen LogP) is 0.154. The molecule has 20 heavy (non-hydrogen) atoms. The SMILES string of the molecule is O=[N+]([O-])c1ccn(C2CC(O)C(COP(=O)(O)O)O2)c1. The molecular weight excluding hydrogens is 295 g/mol. The molecule has 1 aromatic rings. The lowest BCUT2D eigenvalue weighted by molar-refractivity contribution is -0.384.